The van der Waals surface area contributed by atoms with Crippen LogP contribution in [-0.2, 0) is 6.54 Å². The zero-order chi connectivity index (χ0) is 13.7. The van der Waals surface area contributed by atoms with Crippen LogP contribution in [0, 0.1) is 0 Å². The molecule has 0 spiro atoms. The number of ether oxygens (including phenoxy) is 1. The molecule has 100 valence electrons. The van der Waals surface area contributed by atoms with Gasteiger partial charge in [0, 0.05) is 22.7 Å². The second-order valence-corrected chi connectivity index (χ2v) is 4.69. The normalized spacial score (nSPS) is 10.5. The molecule has 2 rings (SSSR count). The van der Waals surface area contributed by atoms with Crippen LogP contribution in [0.5, 0.6) is 5.75 Å². The Morgan fingerprint density at radius 2 is 1.95 bits per heavy atom. The summed E-state index contributed by atoms with van der Waals surface area (Å²) in [5, 5.41) is 4.09. The standard InChI is InChI=1S/C16H18ClNO/c1-3-18-11-13-10-12(8-9-16(13)19-2)14-6-4-5-7-15(14)17/h4-10,18H,3,11H2,1-2H3. The van der Waals surface area contributed by atoms with Gasteiger partial charge in [-0.2, -0.15) is 0 Å². The SMILES string of the molecule is CCNCc1cc(-c2ccccc2Cl)ccc1OC. The zero-order valence-electron chi connectivity index (χ0n) is 11.2. The molecule has 0 bridgehead atoms. The van der Waals surface area contributed by atoms with Gasteiger partial charge in [0.15, 0.2) is 0 Å². The highest BCUT2D eigenvalue weighted by atomic mass is 35.5. The number of rotatable bonds is 5. The van der Waals surface area contributed by atoms with Gasteiger partial charge in [-0.15, -0.1) is 0 Å². The summed E-state index contributed by atoms with van der Waals surface area (Å²) < 4.78 is 5.39. The van der Waals surface area contributed by atoms with Gasteiger partial charge in [-0.1, -0.05) is 42.8 Å². The van der Waals surface area contributed by atoms with E-state index in [9.17, 15) is 0 Å². The number of hydrogen-bond donors (Lipinski definition) is 1. The molecule has 0 heterocycles. The summed E-state index contributed by atoms with van der Waals surface area (Å²) in [5.41, 5.74) is 3.30. The van der Waals surface area contributed by atoms with Crippen molar-refractivity contribution in [3.05, 3.63) is 53.1 Å². The Morgan fingerprint density at radius 1 is 1.16 bits per heavy atom. The quantitative estimate of drug-likeness (QED) is 0.886. The number of halogens is 1. The predicted molar refractivity (Wildman–Crippen MR) is 80.8 cm³/mol. The summed E-state index contributed by atoms with van der Waals surface area (Å²) >= 11 is 6.24. The Kier molecular flexibility index (Phi) is 4.83. The second kappa shape index (κ2) is 6.60. The Labute approximate surface area is 119 Å². The maximum atomic E-state index is 6.24. The average Bonchev–Trinajstić information content (AvgIpc) is 2.45. The fourth-order valence-electron chi connectivity index (χ4n) is 2.04. The number of nitrogens with one attached hydrogen (secondary N) is 1. The molecule has 0 atom stereocenters. The number of benzene rings is 2. The van der Waals surface area contributed by atoms with Crippen LogP contribution in [0.3, 0.4) is 0 Å². The minimum atomic E-state index is 0.766. The minimum Gasteiger partial charge on any atom is -0.496 e. The molecule has 2 aromatic rings. The van der Waals surface area contributed by atoms with Crippen molar-refractivity contribution in [2.24, 2.45) is 0 Å². The first-order valence-electron chi connectivity index (χ1n) is 6.38. The van der Waals surface area contributed by atoms with Crippen LogP contribution in [0.2, 0.25) is 5.02 Å². The fourth-order valence-corrected chi connectivity index (χ4v) is 2.28. The molecule has 0 aliphatic heterocycles. The van der Waals surface area contributed by atoms with E-state index in [1.54, 1.807) is 7.11 Å². The van der Waals surface area contributed by atoms with Crippen LogP contribution in [0.15, 0.2) is 42.5 Å². The van der Waals surface area contributed by atoms with E-state index in [-0.39, 0.29) is 0 Å². The van der Waals surface area contributed by atoms with E-state index in [1.807, 2.05) is 36.4 Å². The molecule has 1 N–H and O–H groups in total. The molecule has 0 saturated carbocycles. The first-order valence-corrected chi connectivity index (χ1v) is 6.76. The molecule has 0 unspecified atom stereocenters. The molecule has 19 heavy (non-hydrogen) atoms. The first kappa shape index (κ1) is 13.9. The summed E-state index contributed by atoms with van der Waals surface area (Å²) in [7, 11) is 1.69. The second-order valence-electron chi connectivity index (χ2n) is 4.29. The van der Waals surface area contributed by atoms with Crippen molar-refractivity contribution >= 4 is 11.6 Å². The van der Waals surface area contributed by atoms with Crippen LogP contribution in [0.1, 0.15) is 12.5 Å². The predicted octanol–water partition coefficient (Wildman–Crippen LogP) is 4.13. The smallest absolute Gasteiger partial charge is 0.123 e. The third-order valence-corrected chi connectivity index (χ3v) is 3.36. The highest BCUT2D eigenvalue weighted by molar-refractivity contribution is 6.33. The van der Waals surface area contributed by atoms with Gasteiger partial charge < -0.3 is 10.1 Å². The van der Waals surface area contributed by atoms with Crippen molar-refractivity contribution in [3.63, 3.8) is 0 Å². The van der Waals surface area contributed by atoms with Gasteiger partial charge in [-0.25, -0.2) is 0 Å². The highest BCUT2D eigenvalue weighted by Crippen LogP contribution is 2.31. The maximum absolute atomic E-state index is 6.24. The highest BCUT2D eigenvalue weighted by Gasteiger charge is 2.07. The third-order valence-electron chi connectivity index (χ3n) is 3.03. The van der Waals surface area contributed by atoms with Crippen molar-refractivity contribution in [2.45, 2.75) is 13.5 Å². The molecule has 0 saturated heterocycles. The van der Waals surface area contributed by atoms with Crippen LogP contribution >= 0.6 is 11.6 Å². The molecular formula is C16H18ClNO. The van der Waals surface area contributed by atoms with Gasteiger partial charge >= 0.3 is 0 Å². The van der Waals surface area contributed by atoms with E-state index >= 15 is 0 Å². The van der Waals surface area contributed by atoms with E-state index in [0.29, 0.717) is 0 Å². The Morgan fingerprint density at radius 3 is 2.63 bits per heavy atom. The Hall–Kier alpha value is -1.51. The summed E-state index contributed by atoms with van der Waals surface area (Å²) in [6.07, 6.45) is 0. The maximum Gasteiger partial charge on any atom is 0.123 e. The molecule has 0 aliphatic carbocycles. The molecule has 2 nitrogen and oxygen atoms in total. The van der Waals surface area contributed by atoms with E-state index in [0.717, 1.165) is 40.6 Å². The number of hydrogen-bond acceptors (Lipinski definition) is 2. The Bertz CT molecular complexity index is 554. The van der Waals surface area contributed by atoms with Crippen molar-refractivity contribution in [3.8, 4) is 16.9 Å². The van der Waals surface area contributed by atoms with Gasteiger partial charge in [0.1, 0.15) is 5.75 Å². The minimum absolute atomic E-state index is 0.766. The molecule has 0 aromatic heterocycles. The number of methoxy groups -OCH3 is 1. The third kappa shape index (κ3) is 3.28. The lowest BCUT2D eigenvalue weighted by molar-refractivity contribution is 0.408. The largest absolute Gasteiger partial charge is 0.496 e. The lowest BCUT2D eigenvalue weighted by Gasteiger charge is -2.12. The van der Waals surface area contributed by atoms with Gasteiger partial charge in [0.05, 0.1) is 7.11 Å². The summed E-state index contributed by atoms with van der Waals surface area (Å²) in [6, 6.07) is 14.0. The van der Waals surface area contributed by atoms with Gasteiger partial charge in [-0.3, -0.25) is 0 Å². The lowest BCUT2D eigenvalue weighted by Crippen LogP contribution is -2.12. The van der Waals surface area contributed by atoms with Gasteiger partial charge in [-0.05, 0) is 30.3 Å². The molecular weight excluding hydrogens is 258 g/mol. The van der Waals surface area contributed by atoms with E-state index in [2.05, 4.69) is 18.3 Å². The topological polar surface area (TPSA) is 21.3 Å². The molecule has 0 amide bonds. The van der Waals surface area contributed by atoms with Crippen LogP contribution in [0.4, 0.5) is 0 Å². The molecule has 0 fully saturated rings. The summed E-state index contributed by atoms with van der Waals surface area (Å²) in [4.78, 5) is 0. The molecule has 0 aliphatic rings. The van der Waals surface area contributed by atoms with Crippen molar-refractivity contribution in [2.75, 3.05) is 13.7 Å². The van der Waals surface area contributed by atoms with Crippen molar-refractivity contribution in [1.29, 1.82) is 0 Å². The van der Waals surface area contributed by atoms with E-state index < -0.39 is 0 Å². The lowest BCUT2D eigenvalue weighted by atomic mass is 10.0. The van der Waals surface area contributed by atoms with Crippen LogP contribution < -0.4 is 10.1 Å². The van der Waals surface area contributed by atoms with Gasteiger partial charge in [0.25, 0.3) is 0 Å². The zero-order valence-corrected chi connectivity index (χ0v) is 12.0. The van der Waals surface area contributed by atoms with E-state index in [1.165, 1.54) is 0 Å². The molecule has 0 radical (unpaired) electrons. The van der Waals surface area contributed by atoms with Crippen molar-refractivity contribution < 1.29 is 4.74 Å². The summed E-state index contributed by atoms with van der Waals surface area (Å²) in [5.74, 6) is 0.900. The van der Waals surface area contributed by atoms with Gasteiger partial charge in [0.2, 0.25) is 0 Å². The fraction of sp³-hybridized carbons (Fsp3) is 0.250. The molecule has 3 heteroatoms. The summed E-state index contributed by atoms with van der Waals surface area (Å²) in [6.45, 7) is 3.81. The van der Waals surface area contributed by atoms with Crippen LogP contribution in [-0.4, -0.2) is 13.7 Å². The first-order chi connectivity index (χ1) is 9.26. The van der Waals surface area contributed by atoms with Crippen molar-refractivity contribution in [1.82, 2.24) is 5.32 Å². The molecule has 2 aromatic carbocycles. The Balaban J connectivity index is 2.40. The average molecular weight is 276 g/mol. The van der Waals surface area contributed by atoms with E-state index in [4.69, 9.17) is 16.3 Å². The van der Waals surface area contributed by atoms with Crippen LogP contribution in [0.25, 0.3) is 11.1 Å². The monoisotopic (exact) mass is 275 g/mol.